The highest BCUT2D eigenvalue weighted by atomic mass is 35.5. The fourth-order valence-electron chi connectivity index (χ4n) is 3.84. The van der Waals surface area contributed by atoms with Crippen LogP contribution in [0.5, 0.6) is 5.75 Å². The topological polar surface area (TPSA) is 94.1 Å². The zero-order chi connectivity index (χ0) is 22.4. The molecule has 0 aliphatic carbocycles. The van der Waals surface area contributed by atoms with Gasteiger partial charge < -0.3 is 24.0 Å². The minimum Gasteiger partial charge on any atom is -0.490 e. The Morgan fingerprint density at radius 1 is 1.09 bits per heavy atom. The Kier molecular flexibility index (Phi) is 7.19. The lowest BCUT2D eigenvalue weighted by Crippen LogP contribution is -2.58. The second-order valence-corrected chi connectivity index (χ2v) is 8.24. The van der Waals surface area contributed by atoms with Gasteiger partial charge in [0.2, 0.25) is 5.91 Å². The Balaban J connectivity index is 1.52. The molecule has 2 aromatic rings. The molecule has 3 heterocycles. The number of carbonyl (C=O) groups excluding carboxylic acids is 2. The average Bonchev–Trinajstić information content (AvgIpc) is 2.84. The van der Waals surface area contributed by atoms with Gasteiger partial charge in [-0.1, -0.05) is 17.7 Å². The summed E-state index contributed by atoms with van der Waals surface area (Å²) in [5, 5.41) is 8.07. The van der Waals surface area contributed by atoms with E-state index in [9.17, 15) is 9.59 Å². The van der Waals surface area contributed by atoms with Crippen molar-refractivity contribution in [1.29, 1.82) is 0 Å². The fraction of sp³-hybridized carbons (Fsp3) is 0.455. The molecule has 0 N–H and O–H groups in total. The van der Waals surface area contributed by atoms with Crippen LogP contribution < -0.4 is 4.74 Å². The number of aromatic nitrogens is 2. The molecule has 0 radical (unpaired) electrons. The van der Waals surface area contributed by atoms with Gasteiger partial charge in [-0.25, -0.2) is 0 Å². The van der Waals surface area contributed by atoms with E-state index < -0.39 is 5.60 Å². The van der Waals surface area contributed by atoms with Crippen LogP contribution >= 0.6 is 11.6 Å². The molecule has 2 aliphatic rings. The second kappa shape index (κ2) is 10.2. The summed E-state index contributed by atoms with van der Waals surface area (Å²) in [5.74, 6) is 0.332. The standard InChI is InChI=1S/C22H25ClN4O5/c23-18-2-1-3-19(12-18)31-16-22(13-20(28)26-6-9-30-10-7-26)15-27(8-11-32-22)21(29)17-4-5-24-25-14-17/h1-5,12,14H,6-11,13,15-16H2. The first-order chi connectivity index (χ1) is 15.5. The van der Waals surface area contributed by atoms with Crippen molar-refractivity contribution >= 4 is 23.4 Å². The summed E-state index contributed by atoms with van der Waals surface area (Å²) < 4.78 is 17.5. The molecule has 32 heavy (non-hydrogen) atoms. The largest absolute Gasteiger partial charge is 0.490 e. The van der Waals surface area contributed by atoms with Crippen molar-refractivity contribution in [3.63, 3.8) is 0 Å². The number of rotatable bonds is 6. The zero-order valence-electron chi connectivity index (χ0n) is 17.6. The summed E-state index contributed by atoms with van der Waals surface area (Å²) in [7, 11) is 0. The van der Waals surface area contributed by atoms with E-state index in [0.717, 1.165) is 0 Å². The number of nitrogens with zero attached hydrogens (tertiary/aromatic N) is 4. The lowest BCUT2D eigenvalue weighted by molar-refractivity contribution is -0.155. The van der Waals surface area contributed by atoms with Crippen molar-refractivity contribution in [2.24, 2.45) is 0 Å². The van der Waals surface area contributed by atoms with Crippen LogP contribution in [0.25, 0.3) is 0 Å². The van der Waals surface area contributed by atoms with Gasteiger partial charge in [0.05, 0.1) is 50.7 Å². The summed E-state index contributed by atoms with van der Waals surface area (Å²) in [4.78, 5) is 29.5. The van der Waals surface area contributed by atoms with Gasteiger partial charge in [0.1, 0.15) is 18.0 Å². The second-order valence-electron chi connectivity index (χ2n) is 7.81. The molecule has 1 aromatic heterocycles. The Morgan fingerprint density at radius 3 is 2.66 bits per heavy atom. The molecule has 2 aliphatic heterocycles. The van der Waals surface area contributed by atoms with Gasteiger partial charge in [-0.2, -0.15) is 10.2 Å². The minimum atomic E-state index is -0.994. The van der Waals surface area contributed by atoms with Crippen molar-refractivity contribution in [3.8, 4) is 5.75 Å². The number of benzene rings is 1. The van der Waals surface area contributed by atoms with E-state index in [2.05, 4.69) is 10.2 Å². The van der Waals surface area contributed by atoms with Gasteiger partial charge in [0.25, 0.3) is 5.91 Å². The van der Waals surface area contributed by atoms with E-state index >= 15 is 0 Å². The number of morpholine rings is 2. The Morgan fingerprint density at radius 2 is 1.91 bits per heavy atom. The molecular formula is C22H25ClN4O5. The number of hydrogen-bond acceptors (Lipinski definition) is 7. The maximum Gasteiger partial charge on any atom is 0.255 e. The van der Waals surface area contributed by atoms with E-state index in [1.165, 1.54) is 12.4 Å². The molecule has 2 amide bonds. The molecule has 1 unspecified atom stereocenters. The van der Waals surface area contributed by atoms with E-state index in [0.29, 0.717) is 55.8 Å². The number of hydrogen-bond donors (Lipinski definition) is 0. The molecule has 1 atom stereocenters. The Hall–Kier alpha value is -2.75. The van der Waals surface area contributed by atoms with E-state index in [4.69, 9.17) is 25.8 Å². The lowest BCUT2D eigenvalue weighted by atomic mass is 9.96. The summed E-state index contributed by atoms with van der Waals surface area (Å²) >= 11 is 6.07. The van der Waals surface area contributed by atoms with Crippen molar-refractivity contribution in [1.82, 2.24) is 20.0 Å². The van der Waals surface area contributed by atoms with Gasteiger partial charge in [-0.3, -0.25) is 9.59 Å². The van der Waals surface area contributed by atoms with Crippen LogP contribution in [-0.4, -0.2) is 90.0 Å². The number of carbonyl (C=O) groups is 2. The van der Waals surface area contributed by atoms with Crippen molar-refractivity contribution in [2.45, 2.75) is 12.0 Å². The highest BCUT2D eigenvalue weighted by Crippen LogP contribution is 2.27. The van der Waals surface area contributed by atoms with Crippen LogP contribution in [-0.2, 0) is 14.3 Å². The molecule has 0 bridgehead atoms. The smallest absolute Gasteiger partial charge is 0.255 e. The highest BCUT2D eigenvalue weighted by Gasteiger charge is 2.42. The summed E-state index contributed by atoms with van der Waals surface area (Å²) in [6, 6.07) is 8.66. The first-order valence-corrected chi connectivity index (χ1v) is 10.9. The van der Waals surface area contributed by atoms with Gasteiger partial charge in [-0.05, 0) is 24.3 Å². The zero-order valence-corrected chi connectivity index (χ0v) is 18.4. The van der Waals surface area contributed by atoms with Crippen LogP contribution in [0.2, 0.25) is 5.02 Å². The van der Waals surface area contributed by atoms with E-state index in [1.54, 1.807) is 40.1 Å². The number of amides is 2. The monoisotopic (exact) mass is 460 g/mol. The SMILES string of the molecule is O=C(CC1(COc2cccc(Cl)c2)CN(C(=O)c2ccnnc2)CCO1)N1CCOCC1. The normalized spacial score (nSPS) is 21.3. The van der Waals surface area contributed by atoms with Crippen LogP contribution in [0.1, 0.15) is 16.8 Å². The fourth-order valence-corrected chi connectivity index (χ4v) is 4.02. The molecule has 9 nitrogen and oxygen atoms in total. The molecule has 10 heteroatoms. The molecule has 0 spiro atoms. The Bertz CT molecular complexity index is 941. The minimum absolute atomic E-state index is 0.0529. The van der Waals surface area contributed by atoms with Gasteiger partial charge >= 0.3 is 0 Å². The predicted molar refractivity (Wildman–Crippen MR) is 116 cm³/mol. The summed E-state index contributed by atoms with van der Waals surface area (Å²) in [5.41, 5.74) is -0.558. The molecule has 0 saturated carbocycles. The van der Waals surface area contributed by atoms with Crippen molar-refractivity contribution in [3.05, 3.63) is 53.3 Å². The van der Waals surface area contributed by atoms with Crippen LogP contribution in [0, 0.1) is 0 Å². The predicted octanol–water partition coefficient (Wildman–Crippen LogP) is 1.67. The summed E-state index contributed by atoms with van der Waals surface area (Å²) in [6.07, 6.45) is 3.00. The van der Waals surface area contributed by atoms with E-state index in [-0.39, 0.29) is 31.4 Å². The molecule has 4 rings (SSSR count). The van der Waals surface area contributed by atoms with Gasteiger partial charge in [0.15, 0.2) is 0 Å². The Labute approximate surface area is 191 Å². The van der Waals surface area contributed by atoms with Gasteiger partial charge in [-0.15, -0.1) is 0 Å². The quantitative estimate of drug-likeness (QED) is 0.647. The van der Waals surface area contributed by atoms with Crippen LogP contribution in [0.3, 0.4) is 0 Å². The third-order valence-electron chi connectivity index (χ3n) is 5.50. The first kappa shape index (κ1) is 22.4. The third kappa shape index (κ3) is 5.53. The van der Waals surface area contributed by atoms with Gasteiger partial charge in [0, 0.05) is 24.7 Å². The van der Waals surface area contributed by atoms with Crippen LogP contribution in [0.15, 0.2) is 42.7 Å². The number of ether oxygens (including phenoxy) is 3. The molecule has 170 valence electrons. The molecule has 2 fully saturated rings. The summed E-state index contributed by atoms with van der Waals surface area (Å²) in [6.45, 7) is 3.11. The first-order valence-electron chi connectivity index (χ1n) is 10.5. The molecule has 2 saturated heterocycles. The maximum atomic E-state index is 13.1. The maximum absolute atomic E-state index is 13.1. The third-order valence-corrected chi connectivity index (χ3v) is 5.74. The van der Waals surface area contributed by atoms with Crippen molar-refractivity contribution in [2.75, 3.05) is 52.6 Å². The van der Waals surface area contributed by atoms with Crippen molar-refractivity contribution < 1.29 is 23.8 Å². The van der Waals surface area contributed by atoms with Crippen LogP contribution in [0.4, 0.5) is 0 Å². The number of halogens is 1. The highest BCUT2D eigenvalue weighted by molar-refractivity contribution is 6.30. The van der Waals surface area contributed by atoms with E-state index in [1.807, 2.05) is 0 Å². The molecular weight excluding hydrogens is 436 g/mol. The lowest BCUT2D eigenvalue weighted by Gasteiger charge is -2.43. The average molecular weight is 461 g/mol. The molecule has 1 aromatic carbocycles.